The molecule has 0 unspecified atom stereocenters. The molecule has 3 aromatic rings. The number of rotatable bonds is 4. The molecule has 0 spiro atoms. The van der Waals surface area contributed by atoms with Crippen LogP contribution in [0.4, 0.5) is 13.2 Å². The molecule has 1 N–H and O–H groups in total. The second-order valence-electron chi connectivity index (χ2n) is 5.73. The molecule has 0 fully saturated rings. The van der Waals surface area contributed by atoms with Crippen LogP contribution < -0.4 is 5.32 Å². The Morgan fingerprint density at radius 3 is 2.43 bits per heavy atom. The zero-order valence-corrected chi connectivity index (χ0v) is 16.2. The van der Waals surface area contributed by atoms with Crippen molar-refractivity contribution in [3.63, 3.8) is 0 Å². The van der Waals surface area contributed by atoms with E-state index in [0.29, 0.717) is 16.7 Å². The van der Waals surface area contributed by atoms with E-state index in [-0.39, 0.29) is 28.0 Å². The number of hydrogen-bond acceptors (Lipinski definition) is 2. The number of amides is 1. The van der Waals surface area contributed by atoms with Crippen molar-refractivity contribution < 1.29 is 18.0 Å². The third-order valence-electron chi connectivity index (χ3n) is 3.71. The van der Waals surface area contributed by atoms with E-state index in [2.05, 4.69) is 10.4 Å². The maximum absolute atomic E-state index is 13.2. The van der Waals surface area contributed by atoms with Gasteiger partial charge in [0.25, 0.3) is 5.91 Å². The molecular weight excluding hydrogens is 438 g/mol. The number of carbonyl (C=O) groups is 1. The number of benzene rings is 2. The molecule has 2 aromatic carbocycles. The first-order chi connectivity index (χ1) is 13.1. The number of aromatic nitrogens is 2. The number of alkyl halides is 3. The Hall–Kier alpha value is -2.22. The van der Waals surface area contributed by atoms with Gasteiger partial charge in [0.2, 0.25) is 0 Å². The van der Waals surface area contributed by atoms with Crippen molar-refractivity contribution in [2.24, 2.45) is 0 Å². The van der Waals surface area contributed by atoms with E-state index in [1.807, 2.05) is 0 Å². The maximum atomic E-state index is 13.2. The fourth-order valence-corrected chi connectivity index (χ4v) is 3.01. The molecule has 1 amide bonds. The van der Waals surface area contributed by atoms with Gasteiger partial charge in [0.05, 0.1) is 10.7 Å². The lowest BCUT2D eigenvalue weighted by Gasteiger charge is -2.10. The summed E-state index contributed by atoms with van der Waals surface area (Å²) in [4.78, 5) is 12.6. The highest BCUT2D eigenvalue weighted by atomic mass is 35.5. The number of hydrogen-bond donors (Lipinski definition) is 1. The molecule has 10 heteroatoms. The van der Waals surface area contributed by atoms with Crippen LogP contribution >= 0.6 is 34.8 Å². The molecule has 1 heterocycles. The largest absolute Gasteiger partial charge is 0.435 e. The molecule has 146 valence electrons. The number of nitrogens with zero attached hydrogens (tertiary/aromatic N) is 2. The van der Waals surface area contributed by atoms with Crippen molar-refractivity contribution >= 4 is 40.7 Å². The summed E-state index contributed by atoms with van der Waals surface area (Å²) >= 11 is 17.9. The van der Waals surface area contributed by atoms with Crippen LogP contribution in [-0.4, -0.2) is 15.7 Å². The molecular formula is C18H11Cl3F3N3O. The molecule has 0 atom stereocenters. The van der Waals surface area contributed by atoms with Gasteiger partial charge >= 0.3 is 6.18 Å². The fraction of sp³-hybridized carbons (Fsp3) is 0.111. The van der Waals surface area contributed by atoms with E-state index in [1.165, 1.54) is 18.2 Å². The topological polar surface area (TPSA) is 46.9 Å². The summed E-state index contributed by atoms with van der Waals surface area (Å²) in [7, 11) is 0. The summed E-state index contributed by atoms with van der Waals surface area (Å²) in [5.74, 6) is -0.765. The van der Waals surface area contributed by atoms with Gasteiger partial charge in [0.15, 0.2) is 5.69 Å². The van der Waals surface area contributed by atoms with E-state index >= 15 is 0 Å². The molecule has 0 radical (unpaired) electrons. The Morgan fingerprint density at radius 1 is 1.04 bits per heavy atom. The van der Waals surface area contributed by atoms with Gasteiger partial charge in [-0.1, -0.05) is 46.9 Å². The zero-order chi connectivity index (χ0) is 20.5. The predicted octanol–water partition coefficient (Wildman–Crippen LogP) is 5.78. The fourth-order valence-electron chi connectivity index (χ4n) is 2.43. The molecule has 0 bridgehead atoms. The second kappa shape index (κ2) is 8.03. The summed E-state index contributed by atoms with van der Waals surface area (Å²) in [5, 5.41) is 6.85. The van der Waals surface area contributed by atoms with Gasteiger partial charge < -0.3 is 5.32 Å². The minimum Gasteiger partial charge on any atom is -0.347 e. The lowest BCUT2D eigenvalue weighted by molar-refractivity contribution is -0.141. The molecule has 0 saturated heterocycles. The third-order valence-corrected chi connectivity index (χ3v) is 4.50. The SMILES string of the molecule is O=C(NCc1cccc(Cl)c1)c1cc(C(F)(F)F)nn1-c1cc(Cl)ccc1Cl. The van der Waals surface area contributed by atoms with Crippen molar-refractivity contribution in [1.82, 2.24) is 15.1 Å². The molecule has 0 aliphatic rings. The first kappa shape index (κ1) is 20.5. The summed E-state index contributed by atoms with van der Waals surface area (Å²) < 4.78 is 40.3. The molecule has 0 aliphatic carbocycles. The summed E-state index contributed by atoms with van der Waals surface area (Å²) in [6.07, 6.45) is -4.74. The van der Waals surface area contributed by atoms with Crippen LogP contribution in [0.5, 0.6) is 0 Å². The smallest absolute Gasteiger partial charge is 0.347 e. The highest BCUT2D eigenvalue weighted by Crippen LogP contribution is 2.31. The van der Waals surface area contributed by atoms with E-state index < -0.39 is 17.8 Å². The normalized spacial score (nSPS) is 11.5. The standard InChI is InChI=1S/C18H11Cl3F3N3O/c19-11-3-1-2-10(6-11)9-25-17(28)15-8-16(18(22,23)24)26-27(15)14-7-12(20)4-5-13(14)21/h1-8H,9H2,(H,25,28). The Kier molecular flexibility index (Phi) is 5.88. The van der Waals surface area contributed by atoms with E-state index in [4.69, 9.17) is 34.8 Å². The van der Waals surface area contributed by atoms with Gasteiger partial charge in [0, 0.05) is 22.7 Å². The molecule has 3 rings (SSSR count). The second-order valence-corrected chi connectivity index (χ2v) is 7.01. The van der Waals surface area contributed by atoms with Crippen LogP contribution in [-0.2, 0) is 12.7 Å². The highest BCUT2D eigenvalue weighted by Gasteiger charge is 2.36. The Morgan fingerprint density at radius 2 is 1.75 bits per heavy atom. The Bertz CT molecular complexity index is 1030. The van der Waals surface area contributed by atoms with E-state index in [9.17, 15) is 18.0 Å². The van der Waals surface area contributed by atoms with Gasteiger partial charge in [-0.25, -0.2) is 4.68 Å². The zero-order valence-electron chi connectivity index (χ0n) is 13.9. The molecule has 0 aliphatic heterocycles. The monoisotopic (exact) mass is 447 g/mol. The van der Waals surface area contributed by atoms with Crippen molar-refractivity contribution in [2.75, 3.05) is 0 Å². The predicted molar refractivity (Wildman–Crippen MR) is 101 cm³/mol. The summed E-state index contributed by atoms with van der Waals surface area (Å²) in [6, 6.07) is 11.6. The van der Waals surface area contributed by atoms with Crippen LogP contribution in [0.3, 0.4) is 0 Å². The maximum Gasteiger partial charge on any atom is 0.435 e. The summed E-state index contributed by atoms with van der Waals surface area (Å²) in [6.45, 7) is 0.0647. The minimum absolute atomic E-state index is 0.0533. The van der Waals surface area contributed by atoms with Crippen LogP contribution in [0.15, 0.2) is 48.5 Å². The van der Waals surface area contributed by atoms with E-state index in [0.717, 1.165) is 4.68 Å². The van der Waals surface area contributed by atoms with Gasteiger partial charge in [-0.2, -0.15) is 18.3 Å². The van der Waals surface area contributed by atoms with Crippen LogP contribution in [0, 0.1) is 0 Å². The van der Waals surface area contributed by atoms with Crippen molar-refractivity contribution in [1.29, 1.82) is 0 Å². The number of nitrogens with one attached hydrogen (secondary N) is 1. The van der Waals surface area contributed by atoms with Crippen molar-refractivity contribution in [2.45, 2.75) is 12.7 Å². The molecule has 4 nitrogen and oxygen atoms in total. The van der Waals surface area contributed by atoms with Gasteiger partial charge in [0.1, 0.15) is 5.69 Å². The van der Waals surface area contributed by atoms with Gasteiger partial charge in [-0.3, -0.25) is 4.79 Å². The third kappa shape index (κ3) is 4.60. The minimum atomic E-state index is -4.74. The molecule has 0 saturated carbocycles. The lowest BCUT2D eigenvalue weighted by atomic mass is 10.2. The summed E-state index contributed by atoms with van der Waals surface area (Å²) in [5.41, 5.74) is -0.823. The van der Waals surface area contributed by atoms with Crippen molar-refractivity contribution in [3.8, 4) is 5.69 Å². The van der Waals surface area contributed by atoms with E-state index in [1.54, 1.807) is 24.3 Å². The number of halogens is 6. The van der Waals surface area contributed by atoms with Crippen LogP contribution in [0.25, 0.3) is 5.69 Å². The lowest BCUT2D eigenvalue weighted by Crippen LogP contribution is -2.25. The first-order valence-corrected chi connectivity index (χ1v) is 8.94. The van der Waals surface area contributed by atoms with Gasteiger partial charge in [-0.15, -0.1) is 0 Å². The first-order valence-electron chi connectivity index (χ1n) is 7.80. The Labute approximate surface area is 172 Å². The molecule has 28 heavy (non-hydrogen) atoms. The number of carbonyl (C=O) groups excluding carboxylic acids is 1. The van der Waals surface area contributed by atoms with Crippen LogP contribution in [0.1, 0.15) is 21.7 Å². The van der Waals surface area contributed by atoms with Gasteiger partial charge in [-0.05, 0) is 35.9 Å². The Balaban J connectivity index is 1.97. The van der Waals surface area contributed by atoms with Crippen molar-refractivity contribution in [3.05, 3.63) is 80.6 Å². The average molecular weight is 449 g/mol. The molecule has 1 aromatic heterocycles. The van der Waals surface area contributed by atoms with Crippen LogP contribution in [0.2, 0.25) is 15.1 Å². The quantitative estimate of drug-likeness (QED) is 0.550. The highest BCUT2D eigenvalue weighted by molar-refractivity contribution is 6.34. The average Bonchev–Trinajstić information content (AvgIpc) is 3.07.